The Bertz CT molecular complexity index is 1030. The average Bonchev–Trinajstić information content (AvgIpc) is 3.13. The molecule has 0 unspecified atom stereocenters. The molecule has 1 aliphatic heterocycles. The molecule has 1 saturated heterocycles. The Labute approximate surface area is 169 Å². The molecule has 0 spiro atoms. The third kappa shape index (κ3) is 3.84. The van der Waals surface area contributed by atoms with Crippen LogP contribution in [0.25, 0.3) is 29.2 Å². The van der Waals surface area contributed by atoms with Gasteiger partial charge in [0, 0.05) is 30.5 Å². The van der Waals surface area contributed by atoms with Crippen molar-refractivity contribution in [2.24, 2.45) is 0 Å². The Kier molecular flexibility index (Phi) is 5.53. The van der Waals surface area contributed by atoms with Crippen LogP contribution in [0.2, 0.25) is 0 Å². The number of allylic oxidation sites excluding steroid dienone is 1. The van der Waals surface area contributed by atoms with E-state index in [4.69, 9.17) is 9.72 Å². The van der Waals surface area contributed by atoms with Crippen LogP contribution in [-0.2, 0) is 4.74 Å². The van der Waals surface area contributed by atoms with Gasteiger partial charge in [0.05, 0.1) is 24.6 Å². The quantitative estimate of drug-likeness (QED) is 0.639. The molecule has 0 N–H and O–H groups in total. The van der Waals surface area contributed by atoms with Gasteiger partial charge in [-0.05, 0) is 55.5 Å². The van der Waals surface area contributed by atoms with E-state index in [0.717, 1.165) is 47.4 Å². The molecule has 0 saturated carbocycles. The molecule has 1 aliphatic rings. The molecule has 4 rings (SSSR count). The fraction of sp³-hybridized carbons (Fsp3) is 0.217. The molecule has 3 aromatic rings. The van der Waals surface area contributed by atoms with E-state index in [1.165, 1.54) is 12.1 Å². The first-order chi connectivity index (χ1) is 14.2. The second-order valence-electron chi connectivity index (χ2n) is 6.72. The lowest BCUT2D eigenvalue weighted by Crippen LogP contribution is -2.36. The van der Waals surface area contributed by atoms with Crippen LogP contribution < -0.4 is 4.90 Å². The van der Waals surface area contributed by atoms with Gasteiger partial charge in [0.15, 0.2) is 0 Å². The van der Waals surface area contributed by atoms with Crippen molar-refractivity contribution in [1.29, 1.82) is 0 Å². The van der Waals surface area contributed by atoms with Crippen LogP contribution >= 0.6 is 0 Å². The number of benzene rings is 1. The predicted octanol–water partition coefficient (Wildman–Crippen LogP) is 4.59. The van der Waals surface area contributed by atoms with Crippen LogP contribution in [0.15, 0.2) is 55.3 Å². The van der Waals surface area contributed by atoms with E-state index in [-0.39, 0.29) is 5.82 Å². The maximum absolute atomic E-state index is 13.5. The summed E-state index contributed by atoms with van der Waals surface area (Å²) in [6, 6.07) is 10.4. The molecule has 0 radical (unpaired) electrons. The topological polar surface area (TPSA) is 43.2 Å². The summed E-state index contributed by atoms with van der Waals surface area (Å²) in [4.78, 5) is 11.6. The Hall–Kier alpha value is -3.25. The van der Waals surface area contributed by atoms with Gasteiger partial charge in [0.25, 0.3) is 0 Å². The number of anilines is 1. The summed E-state index contributed by atoms with van der Waals surface area (Å²) in [6.45, 7) is 8.94. The van der Waals surface area contributed by atoms with Crippen LogP contribution in [-0.4, -0.2) is 40.8 Å². The van der Waals surface area contributed by atoms with Crippen molar-refractivity contribution >= 4 is 18.0 Å². The van der Waals surface area contributed by atoms with Gasteiger partial charge >= 0.3 is 0 Å². The molecule has 6 heteroatoms. The molecule has 1 fully saturated rings. The molecular weight excluding hydrogens is 367 g/mol. The lowest BCUT2D eigenvalue weighted by atomic mass is 10.2. The van der Waals surface area contributed by atoms with E-state index in [2.05, 4.69) is 16.5 Å². The summed E-state index contributed by atoms with van der Waals surface area (Å²) in [6.07, 6.45) is 7.47. The molecule has 29 heavy (non-hydrogen) atoms. The van der Waals surface area contributed by atoms with Gasteiger partial charge in [-0.15, -0.1) is 0 Å². The Morgan fingerprint density at radius 1 is 1.14 bits per heavy atom. The van der Waals surface area contributed by atoms with E-state index in [0.29, 0.717) is 13.2 Å². The van der Waals surface area contributed by atoms with Gasteiger partial charge in [-0.1, -0.05) is 12.7 Å². The first kappa shape index (κ1) is 19.1. The second-order valence-corrected chi connectivity index (χ2v) is 6.72. The number of pyridine rings is 1. The maximum atomic E-state index is 13.5. The van der Waals surface area contributed by atoms with Crippen molar-refractivity contribution in [2.45, 2.75) is 6.92 Å². The zero-order valence-corrected chi connectivity index (χ0v) is 16.4. The molecular formula is C23H23FN4O. The molecule has 2 aromatic heterocycles. The minimum Gasteiger partial charge on any atom is -0.378 e. The number of nitrogens with zero attached hydrogens (tertiary/aromatic N) is 4. The predicted molar refractivity (Wildman–Crippen MR) is 115 cm³/mol. The van der Waals surface area contributed by atoms with Crippen molar-refractivity contribution < 1.29 is 9.13 Å². The number of aromatic nitrogens is 3. The highest BCUT2D eigenvalue weighted by molar-refractivity contribution is 5.71. The Morgan fingerprint density at radius 3 is 2.59 bits per heavy atom. The van der Waals surface area contributed by atoms with Gasteiger partial charge in [-0.25, -0.2) is 14.4 Å². The van der Waals surface area contributed by atoms with Crippen LogP contribution in [0.4, 0.5) is 10.2 Å². The van der Waals surface area contributed by atoms with E-state index in [1.54, 1.807) is 24.4 Å². The van der Waals surface area contributed by atoms with Crippen molar-refractivity contribution in [3.05, 3.63) is 72.5 Å². The van der Waals surface area contributed by atoms with E-state index in [1.807, 2.05) is 35.8 Å². The summed E-state index contributed by atoms with van der Waals surface area (Å²) < 4.78 is 21.0. The van der Waals surface area contributed by atoms with Gasteiger partial charge in [-0.2, -0.15) is 0 Å². The number of ether oxygens (including phenoxy) is 1. The zero-order chi connectivity index (χ0) is 20.2. The second kappa shape index (κ2) is 8.41. The van der Waals surface area contributed by atoms with Gasteiger partial charge in [0.1, 0.15) is 17.5 Å². The maximum Gasteiger partial charge on any atom is 0.145 e. The minimum absolute atomic E-state index is 0.275. The minimum atomic E-state index is -0.275. The molecule has 0 atom stereocenters. The lowest BCUT2D eigenvalue weighted by Gasteiger charge is -2.28. The SMILES string of the molecule is C=Cc1c(/C=C\C)nc(-c2ccnc(N3CCOCC3)c2)n1-c1ccc(F)cc1. The Morgan fingerprint density at radius 2 is 1.90 bits per heavy atom. The lowest BCUT2D eigenvalue weighted by molar-refractivity contribution is 0.122. The highest BCUT2D eigenvalue weighted by Gasteiger charge is 2.19. The molecule has 0 aliphatic carbocycles. The number of hydrogen-bond acceptors (Lipinski definition) is 4. The van der Waals surface area contributed by atoms with Crippen LogP contribution in [0.3, 0.4) is 0 Å². The van der Waals surface area contributed by atoms with Crippen molar-refractivity contribution in [3.63, 3.8) is 0 Å². The summed E-state index contributed by atoms with van der Waals surface area (Å²) in [7, 11) is 0. The van der Waals surface area contributed by atoms with Crippen molar-refractivity contribution in [3.8, 4) is 17.1 Å². The first-order valence-corrected chi connectivity index (χ1v) is 9.64. The third-order valence-electron chi connectivity index (χ3n) is 4.88. The highest BCUT2D eigenvalue weighted by atomic mass is 19.1. The molecule has 0 amide bonds. The number of hydrogen-bond donors (Lipinski definition) is 0. The monoisotopic (exact) mass is 390 g/mol. The fourth-order valence-electron chi connectivity index (χ4n) is 3.49. The summed E-state index contributed by atoms with van der Waals surface area (Å²) >= 11 is 0. The van der Waals surface area contributed by atoms with Crippen LogP contribution in [0.5, 0.6) is 0 Å². The normalized spacial score (nSPS) is 14.5. The summed E-state index contributed by atoms with van der Waals surface area (Å²) in [5.41, 5.74) is 3.43. The van der Waals surface area contributed by atoms with E-state index >= 15 is 0 Å². The molecule has 148 valence electrons. The number of rotatable bonds is 5. The van der Waals surface area contributed by atoms with E-state index in [9.17, 15) is 4.39 Å². The summed E-state index contributed by atoms with van der Waals surface area (Å²) in [5, 5.41) is 0. The third-order valence-corrected chi connectivity index (χ3v) is 4.88. The number of morpholine rings is 1. The number of imidazole rings is 1. The summed E-state index contributed by atoms with van der Waals surface area (Å²) in [5.74, 6) is 1.38. The van der Waals surface area contributed by atoms with Crippen molar-refractivity contribution in [2.75, 3.05) is 31.2 Å². The smallest absolute Gasteiger partial charge is 0.145 e. The highest BCUT2D eigenvalue weighted by Crippen LogP contribution is 2.30. The van der Waals surface area contributed by atoms with Gasteiger partial charge < -0.3 is 9.64 Å². The van der Waals surface area contributed by atoms with Crippen molar-refractivity contribution in [1.82, 2.24) is 14.5 Å². The largest absolute Gasteiger partial charge is 0.378 e. The standard InChI is InChI=1S/C23H23FN4O/c1-3-5-20-21(4-2)28(19-8-6-18(24)7-9-19)23(26-20)17-10-11-25-22(16-17)27-12-14-29-15-13-27/h3-11,16H,2,12-15H2,1H3/b5-3-. The molecule has 3 heterocycles. The van der Waals surface area contributed by atoms with Crippen LogP contribution in [0, 0.1) is 5.82 Å². The fourth-order valence-corrected chi connectivity index (χ4v) is 3.49. The van der Waals surface area contributed by atoms with Crippen LogP contribution in [0.1, 0.15) is 18.3 Å². The molecule has 5 nitrogen and oxygen atoms in total. The Balaban J connectivity index is 1.86. The van der Waals surface area contributed by atoms with Gasteiger partial charge in [-0.3, -0.25) is 4.57 Å². The van der Waals surface area contributed by atoms with E-state index < -0.39 is 0 Å². The van der Waals surface area contributed by atoms with Gasteiger partial charge in [0.2, 0.25) is 0 Å². The zero-order valence-electron chi connectivity index (χ0n) is 16.4. The average molecular weight is 390 g/mol. The first-order valence-electron chi connectivity index (χ1n) is 9.64. The molecule has 0 bridgehead atoms. The molecule has 1 aromatic carbocycles. The number of halogens is 1.